The number of unbranched alkanes of at least 4 members (excludes halogenated alkanes) is 2. The van der Waals surface area contributed by atoms with E-state index in [1.807, 2.05) is 26.8 Å². The molecule has 8 nitrogen and oxygen atoms in total. The van der Waals surface area contributed by atoms with Crippen LogP contribution >= 0.6 is 0 Å². The van der Waals surface area contributed by atoms with Crippen LogP contribution in [0.4, 0.5) is 0 Å². The highest BCUT2D eigenvalue weighted by atomic mass is 16.5. The molecule has 4 rings (SSSR count). The highest BCUT2D eigenvalue weighted by Crippen LogP contribution is 2.56. The first kappa shape index (κ1) is 26.2. The number of phenols is 1. The lowest BCUT2D eigenvalue weighted by Gasteiger charge is -2.46. The summed E-state index contributed by atoms with van der Waals surface area (Å²) in [4.78, 5) is 39.9. The Balaban J connectivity index is 1.63. The molecule has 1 saturated heterocycles. The van der Waals surface area contributed by atoms with Crippen molar-refractivity contribution in [1.29, 1.82) is 0 Å². The van der Waals surface area contributed by atoms with Crippen molar-refractivity contribution in [2.24, 2.45) is 11.8 Å². The van der Waals surface area contributed by atoms with Crippen LogP contribution in [0.2, 0.25) is 0 Å². The number of hydrogen-bond acceptors (Lipinski definition) is 6. The zero-order chi connectivity index (χ0) is 26.3. The van der Waals surface area contributed by atoms with Crippen molar-refractivity contribution in [2.45, 2.75) is 91.1 Å². The van der Waals surface area contributed by atoms with E-state index in [1.165, 1.54) is 0 Å². The lowest BCUT2D eigenvalue weighted by atomic mass is 9.76. The molecule has 0 unspecified atom stereocenters. The molecule has 2 N–H and O–H groups in total. The van der Waals surface area contributed by atoms with E-state index in [-0.39, 0.29) is 46.7 Å². The summed E-state index contributed by atoms with van der Waals surface area (Å²) in [5.41, 5.74) is 1.76. The van der Waals surface area contributed by atoms with Crippen molar-refractivity contribution in [3.05, 3.63) is 34.4 Å². The van der Waals surface area contributed by atoms with E-state index in [1.54, 1.807) is 18.7 Å². The van der Waals surface area contributed by atoms with Crippen LogP contribution in [0.5, 0.6) is 11.5 Å². The number of fused-ring (bicyclic) bond motifs is 2. The molecule has 1 aromatic carbocycles. The molecule has 6 atom stereocenters. The van der Waals surface area contributed by atoms with Crippen molar-refractivity contribution in [3.8, 4) is 11.5 Å². The predicted molar refractivity (Wildman–Crippen MR) is 133 cm³/mol. The number of ketones is 1. The number of benzene rings is 1. The molecule has 1 amide bonds. The van der Waals surface area contributed by atoms with Crippen LogP contribution in [-0.2, 0) is 14.3 Å². The largest absolute Gasteiger partial charge is 0.507 e. The van der Waals surface area contributed by atoms with Gasteiger partial charge in [0.05, 0.1) is 18.1 Å². The van der Waals surface area contributed by atoms with Gasteiger partial charge in [-0.25, -0.2) is 4.79 Å². The normalized spacial score (nSPS) is 27.4. The number of aromatic carboxylic acids is 1. The zero-order valence-electron chi connectivity index (χ0n) is 21.7. The molecule has 0 aliphatic carbocycles. The quantitative estimate of drug-likeness (QED) is 0.298. The molecule has 0 saturated carbocycles. The van der Waals surface area contributed by atoms with E-state index >= 15 is 0 Å². The molecule has 0 spiro atoms. The highest BCUT2D eigenvalue weighted by molar-refractivity contribution is 6.01. The molecule has 3 aliphatic heterocycles. The molecule has 3 aliphatic rings. The lowest BCUT2D eigenvalue weighted by molar-refractivity contribution is -0.152. The van der Waals surface area contributed by atoms with Gasteiger partial charge in [0.15, 0.2) is 6.23 Å². The third kappa shape index (κ3) is 4.29. The summed E-state index contributed by atoms with van der Waals surface area (Å²) < 4.78 is 12.7. The van der Waals surface area contributed by atoms with Crippen molar-refractivity contribution in [1.82, 2.24) is 4.90 Å². The second-order valence-electron chi connectivity index (χ2n) is 10.4. The molecule has 36 heavy (non-hydrogen) atoms. The summed E-state index contributed by atoms with van der Waals surface area (Å²) in [7, 11) is 0. The maximum atomic E-state index is 13.4. The Bertz CT molecular complexity index is 1090. The second-order valence-corrected chi connectivity index (χ2v) is 10.4. The smallest absolute Gasteiger partial charge is 0.343 e. The van der Waals surface area contributed by atoms with Crippen LogP contribution in [0, 0.1) is 18.8 Å². The fourth-order valence-electron chi connectivity index (χ4n) is 5.97. The maximum absolute atomic E-state index is 13.4. The van der Waals surface area contributed by atoms with Crippen molar-refractivity contribution < 1.29 is 34.1 Å². The summed E-state index contributed by atoms with van der Waals surface area (Å²) in [5, 5.41) is 20.8. The Morgan fingerprint density at radius 2 is 1.92 bits per heavy atom. The van der Waals surface area contributed by atoms with E-state index in [0.717, 1.165) is 24.8 Å². The van der Waals surface area contributed by atoms with E-state index < -0.39 is 24.2 Å². The van der Waals surface area contributed by atoms with Crippen molar-refractivity contribution >= 4 is 17.7 Å². The van der Waals surface area contributed by atoms with Gasteiger partial charge in [-0.05, 0) is 64.5 Å². The topological polar surface area (TPSA) is 113 Å². The minimum absolute atomic E-state index is 0.0616. The Morgan fingerprint density at radius 3 is 2.58 bits per heavy atom. The molecule has 8 heteroatoms. The van der Waals surface area contributed by atoms with Gasteiger partial charge in [-0.3, -0.25) is 9.59 Å². The number of carboxylic acids is 1. The van der Waals surface area contributed by atoms with Crippen LogP contribution in [0.1, 0.15) is 98.9 Å². The molecule has 0 radical (unpaired) electrons. The number of carbonyl (C=O) groups is 3. The number of rotatable bonds is 8. The number of Topliss-reactive ketones (excluding diaryl/α,β-unsaturated/α-hetero) is 1. The number of likely N-dealkylation sites (tertiary alicyclic amines) is 1. The van der Waals surface area contributed by atoms with Gasteiger partial charge in [0.2, 0.25) is 5.91 Å². The average molecular weight is 500 g/mol. The van der Waals surface area contributed by atoms with Crippen LogP contribution < -0.4 is 4.74 Å². The van der Waals surface area contributed by atoms with Crippen LogP contribution in [0.15, 0.2) is 12.2 Å². The second kappa shape index (κ2) is 10.2. The summed E-state index contributed by atoms with van der Waals surface area (Å²) in [6, 6.07) is 0. The molecule has 1 aromatic rings. The Labute approximate surface area is 212 Å². The van der Waals surface area contributed by atoms with Gasteiger partial charge in [-0.1, -0.05) is 19.1 Å². The fourth-order valence-corrected chi connectivity index (χ4v) is 5.97. The number of aromatic hydroxyl groups is 1. The van der Waals surface area contributed by atoms with E-state index in [4.69, 9.17) is 9.47 Å². The molecule has 3 heterocycles. The van der Waals surface area contributed by atoms with Gasteiger partial charge in [0.1, 0.15) is 22.8 Å². The molecule has 196 valence electrons. The molecule has 0 aromatic heterocycles. The highest BCUT2D eigenvalue weighted by Gasteiger charge is 2.53. The van der Waals surface area contributed by atoms with E-state index in [9.17, 15) is 24.6 Å². The minimum atomic E-state index is -1.30. The number of allylic oxidation sites excluding steroid dienone is 2. The van der Waals surface area contributed by atoms with Gasteiger partial charge < -0.3 is 24.6 Å². The number of carboxylic acid groups (broad SMARTS) is 1. The van der Waals surface area contributed by atoms with Crippen LogP contribution in [0.25, 0.3) is 0 Å². The zero-order valence-corrected chi connectivity index (χ0v) is 21.7. The van der Waals surface area contributed by atoms with Gasteiger partial charge in [0.25, 0.3) is 0 Å². The van der Waals surface area contributed by atoms with Crippen molar-refractivity contribution in [2.75, 3.05) is 6.54 Å². The SMILES string of the molecule is C/C=C/CCCCC(=O)[C@@H](C)C(=O)N1CC[C@H]2[C@@H]3O[C@H](C)[C@@H](C)c4c(C)c(O)c(C(=O)O)c(c43)O[C@H]21. The third-order valence-electron chi connectivity index (χ3n) is 8.20. The van der Waals surface area contributed by atoms with Gasteiger partial charge in [-0.2, -0.15) is 0 Å². The summed E-state index contributed by atoms with van der Waals surface area (Å²) >= 11 is 0. The van der Waals surface area contributed by atoms with Crippen LogP contribution in [0.3, 0.4) is 0 Å². The molecular formula is C28H37NO7. The first-order valence-corrected chi connectivity index (χ1v) is 13.0. The first-order valence-electron chi connectivity index (χ1n) is 13.0. The number of hydrogen-bond donors (Lipinski definition) is 2. The van der Waals surface area contributed by atoms with Gasteiger partial charge in [-0.15, -0.1) is 0 Å². The maximum Gasteiger partial charge on any atom is 0.343 e. The number of carbonyl (C=O) groups excluding carboxylic acids is 2. The van der Waals surface area contributed by atoms with Crippen molar-refractivity contribution in [3.63, 3.8) is 0 Å². The van der Waals surface area contributed by atoms with Gasteiger partial charge in [0, 0.05) is 30.4 Å². The first-order chi connectivity index (χ1) is 17.1. The molecule has 0 bridgehead atoms. The Hall–Kier alpha value is -2.87. The summed E-state index contributed by atoms with van der Waals surface area (Å²) in [6.45, 7) is 9.68. The minimum Gasteiger partial charge on any atom is -0.507 e. The number of amides is 1. The molecular weight excluding hydrogens is 462 g/mol. The van der Waals surface area contributed by atoms with E-state index in [0.29, 0.717) is 30.5 Å². The Morgan fingerprint density at radius 1 is 1.19 bits per heavy atom. The predicted octanol–water partition coefficient (Wildman–Crippen LogP) is 4.87. The van der Waals surface area contributed by atoms with Crippen LogP contribution in [-0.4, -0.2) is 51.6 Å². The lowest BCUT2D eigenvalue weighted by Crippen LogP contribution is -2.50. The average Bonchev–Trinajstić information content (AvgIpc) is 3.26. The third-order valence-corrected chi connectivity index (χ3v) is 8.20. The Kier molecular flexibility index (Phi) is 7.46. The van der Waals surface area contributed by atoms with E-state index in [2.05, 4.69) is 6.08 Å². The van der Waals surface area contributed by atoms with Gasteiger partial charge >= 0.3 is 5.97 Å². The standard InChI is InChI=1S/C28H37NO7/c1-6-7-8-9-10-11-19(30)15(3)26(32)29-13-12-18-24-21-20(14(2)17(5)35-24)16(4)23(31)22(28(33)34)25(21)36-27(18)29/h6-7,14-15,17-18,24,27,31H,8-13H2,1-5H3,(H,33,34)/b7-6+/t14-,15-,17-,18+,24+,27-/m1/s1. The number of ether oxygens (including phenoxy) is 2. The summed E-state index contributed by atoms with van der Waals surface area (Å²) in [6.07, 6.45) is 6.18. The monoisotopic (exact) mass is 499 g/mol. The summed E-state index contributed by atoms with van der Waals surface area (Å²) in [5.74, 6) is -3.00. The number of nitrogens with zero attached hydrogens (tertiary/aromatic N) is 1. The molecule has 1 fully saturated rings. The fraction of sp³-hybridized carbons (Fsp3) is 0.607.